The van der Waals surface area contributed by atoms with Gasteiger partial charge in [-0.2, -0.15) is 0 Å². The minimum atomic E-state index is -0.887. The molecule has 0 heterocycles. The van der Waals surface area contributed by atoms with Gasteiger partial charge in [-0.1, -0.05) is 23.7 Å². The summed E-state index contributed by atoms with van der Waals surface area (Å²) in [5.74, 6) is -2.18. The van der Waals surface area contributed by atoms with E-state index in [1.165, 1.54) is 18.2 Å². The highest BCUT2D eigenvalue weighted by molar-refractivity contribution is 6.31. The van der Waals surface area contributed by atoms with Crippen molar-refractivity contribution >= 4 is 11.6 Å². The zero-order valence-electron chi connectivity index (χ0n) is 10.8. The largest absolute Gasteiger partial charge is 0.313 e. The lowest BCUT2D eigenvalue weighted by Gasteiger charge is -2.18. The van der Waals surface area contributed by atoms with Gasteiger partial charge in [-0.15, -0.1) is 0 Å². The van der Waals surface area contributed by atoms with E-state index in [1.54, 1.807) is 13.1 Å². The number of hydrogen-bond donors (Lipinski definition) is 1. The van der Waals surface area contributed by atoms with Crippen molar-refractivity contribution in [1.82, 2.24) is 5.32 Å². The first-order valence-electron chi connectivity index (χ1n) is 6.07. The molecule has 0 saturated heterocycles. The van der Waals surface area contributed by atoms with Crippen molar-refractivity contribution in [2.45, 2.75) is 12.5 Å². The van der Waals surface area contributed by atoms with Gasteiger partial charge in [0.25, 0.3) is 0 Å². The third kappa shape index (κ3) is 3.32. The monoisotopic (exact) mass is 299 g/mol. The van der Waals surface area contributed by atoms with Gasteiger partial charge in [0.1, 0.15) is 5.82 Å². The van der Waals surface area contributed by atoms with E-state index >= 15 is 0 Å². The summed E-state index contributed by atoms with van der Waals surface area (Å²) in [6.07, 6.45) is 0.416. The van der Waals surface area contributed by atoms with E-state index in [4.69, 9.17) is 11.6 Å². The number of benzene rings is 2. The third-order valence-corrected chi connectivity index (χ3v) is 3.44. The van der Waals surface area contributed by atoms with Crippen molar-refractivity contribution in [3.05, 3.63) is 70.0 Å². The molecule has 1 unspecified atom stereocenters. The lowest BCUT2D eigenvalue weighted by atomic mass is 9.98. The molecule has 106 valence electrons. The van der Waals surface area contributed by atoms with Crippen LogP contribution in [0.5, 0.6) is 0 Å². The van der Waals surface area contributed by atoms with Crippen LogP contribution in [0.1, 0.15) is 17.2 Å². The zero-order valence-corrected chi connectivity index (χ0v) is 11.5. The second-order valence-electron chi connectivity index (χ2n) is 4.46. The molecule has 0 aliphatic carbocycles. The van der Waals surface area contributed by atoms with Crippen LogP contribution in [0.3, 0.4) is 0 Å². The quantitative estimate of drug-likeness (QED) is 0.889. The summed E-state index contributed by atoms with van der Waals surface area (Å²) in [6.45, 7) is 0. The highest BCUT2D eigenvalue weighted by Crippen LogP contribution is 2.26. The van der Waals surface area contributed by atoms with Gasteiger partial charge in [0.15, 0.2) is 11.6 Å². The molecule has 0 saturated carbocycles. The van der Waals surface area contributed by atoms with Gasteiger partial charge in [0, 0.05) is 11.1 Å². The average Bonchev–Trinajstić information content (AvgIpc) is 2.41. The number of nitrogens with one attached hydrogen (secondary N) is 1. The fourth-order valence-corrected chi connectivity index (χ4v) is 2.35. The van der Waals surface area contributed by atoms with E-state index in [1.807, 2.05) is 0 Å². The van der Waals surface area contributed by atoms with E-state index < -0.39 is 17.5 Å². The molecule has 0 aromatic heterocycles. The Morgan fingerprint density at radius 2 is 1.80 bits per heavy atom. The van der Waals surface area contributed by atoms with Crippen LogP contribution in [-0.4, -0.2) is 7.05 Å². The van der Waals surface area contributed by atoms with Crippen LogP contribution in [-0.2, 0) is 6.42 Å². The van der Waals surface area contributed by atoms with Gasteiger partial charge in [-0.05, 0) is 48.9 Å². The van der Waals surface area contributed by atoms with Gasteiger partial charge in [-0.25, -0.2) is 13.2 Å². The molecule has 2 rings (SSSR count). The van der Waals surface area contributed by atoms with Crippen molar-refractivity contribution in [2.75, 3.05) is 7.05 Å². The standard InChI is InChI=1S/C15H13ClF3N/c1-20-15(11-4-3-10(17)8-12(11)16)7-9-2-5-13(18)14(19)6-9/h2-6,8,15,20H,7H2,1H3. The summed E-state index contributed by atoms with van der Waals surface area (Å²) in [4.78, 5) is 0. The molecule has 0 fully saturated rings. The lowest BCUT2D eigenvalue weighted by Crippen LogP contribution is -2.19. The molecule has 20 heavy (non-hydrogen) atoms. The fourth-order valence-electron chi connectivity index (χ4n) is 2.05. The Morgan fingerprint density at radius 1 is 1.05 bits per heavy atom. The molecule has 0 bridgehead atoms. The molecule has 1 atom stereocenters. The van der Waals surface area contributed by atoms with E-state index in [9.17, 15) is 13.2 Å². The van der Waals surface area contributed by atoms with Crippen LogP contribution in [0.2, 0.25) is 5.02 Å². The SMILES string of the molecule is CNC(Cc1ccc(F)c(F)c1)c1ccc(F)cc1Cl. The molecule has 0 aliphatic heterocycles. The molecular formula is C15H13ClF3N. The van der Waals surface area contributed by atoms with Gasteiger partial charge in [0.2, 0.25) is 0 Å². The molecule has 0 radical (unpaired) electrons. The van der Waals surface area contributed by atoms with Gasteiger partial charge in [0.05, 0.1) is 0 Å². The number of rotatable bonds is 4. The first-order valence-corrected chi connectivity index (χ1v) is 6.45. The molecule has 0 aliphatic rings. The molecule has 1 N–H and O–H groups in total. The smallest absolute Gasteiger partial charge is 0.159 e. The topological polar surface area (TPSA) is 12.0 Å². The van der Waals surface area contributed by atoms with Crippen molar-refractivity contribution in [3.63, 3.8) is 0 Å². The zero-order chi connectivity index (χ0) is 14.7. The number of likely N-dealkylation sites (N-methyl/N-ethyl adjacent to an activating group) is 1. The molecular weight excluding hydrogens is 287 g/mol. The Balaban J connectivity index is 2.26. The Labute approximate surface area is 120 Å². The Morgan fingerprint density at radius 3 is 2.40 bits per heavy atom. The van der Waals surface area contributed by atoms with E-state index in [2.05, 4.69) is 5.32 Å². The predicted octanol–water partition coefficient (Wildman–Crippen LogP) is 4.26. The molecule has 2 aromatic rings. The Hall–Kier alpha value is -1.52. The van der Waals surface area contributed by atoms with Crippen molar-refractivity contribution in [1.29, 1.82) is 0 Å². The van der Waals surface area contributed by atoms with Crippen LogP contribution in [0.25, 0.3) is 0 Å². The maximum Gasteiger partial charge on any atom is 0.159 e. The summed E-state index contributed by atoms with van der Waals surface area (Å²) in [6, 6.07) is 7.66. The maximum atomic E-state index is 13.2. The Bertz CT molecular complexity index is 616. The minimum absolute atomic E-state index is 0.215. The van der Waals surface area contributed by atoms with Crippen molar-refractivity contribution < 1.29 is 13.2 Å². The van der Waals surface area contributed by atoms with E-state index in [0.29, 0.717) is 22.6 Å². The highest BCUT2D eigenvalue weighted by Gasteiger charge is 2.15. The summed E-state index contributed by atoms with van der Waals surface area (Å²) in [7, 11) is 1.73. The average molecular weight is 300 g/mol. The molecule has 0 spiro atoms. The van der Waals surface area contributed by atoms with Crippen molar-refractivity contribution in [2.24, 2.45) is 0 Å². The van der Waals surface area contributed by atoms with Gasteiger partial charge >= 0.3 is 0 Å². The molecule has 1 nitrogen and oxygen atoms in total. The normalized spacial score (nSPS) is 12.4. The summed E-state index contributed by atoms with van der Waals surface area (Å²) >= 11 is 6.01. The summed E-state index contributed by atoms with van der Waals surface area (Å²) in [5, 5.41) is 3.34. The highest BCUT2D eigenvalue weighted by atomic mass is 35.5. The summed E-state index contributed by atoms with van der Waals surface area (Å²) < 4.78 is 39.1. The van der Waals surface area contributed by atoms with Gasteiger partial charge in [-0.3, -0.25) is 0 Å². The van der Waals surface area contributed by atoms with Crippen LogP contribution in [0.4, 0.5) is 13.2 Å². The van der Waals surface area contributed by atoms with Gasteiger partial charge < -0.3 is 5.32 Å². The lowest BCUT2D eigenvalue weighted by molar-refractivity contribution is 0.504. The second-order valence-corrected chi connectivity index (χ2v) is 4.87. The summed E-state index contributed by atoms with van der Waals surface area (Å²) in [5.41, 5.74) is 1.34. The number of halogens is 4. The number of hydrogen-bond acceptors (Lipinski definition) is 1. The maximum absolute atomic E-state index is 13.2. The first-order chi connectivity index (χ1) is 9.51. The van der Waals surface area contributed by atoms with Crippen LogP contribution >= 0.6 is 11.6 Å². The van der Waals surface area contributed by atoms with E-state index in [0.717, 1.165) is 12.1 Å². The third-order valence-electron chi connectivity index (χ3n) is 3.11. The minimum Gasteiger partial charge on any atom is -0.313 e. The molecule has 2 aromatic carbocycles. The molecule has 0 amide bonds. The van der Waals surface area contributed by atoms with Crippen LogP contribution < -0.4 is 5.32 Å². The van der Waals surface area contributed by atoms with Crippen LogP contribution in [0, 0.1) is 17.5 Å². The van der Waals surface area contributed by atoms with Crippen molar-refractivity contribution in [3.8, 4) is 0 Å². The second kappa shape index (κ2) is 6.29. The first kappa shape index (κ1) is 14.9. The Kier molecular flexibility index (Phi) is 4.68. The van der Waals surface area contributed by atoms with E-state index in [-0.39, 0.29) is 6.04 Å². The van der Waals surface area contributed by atoms with Crippen LogP contribution in [0.15, 0.2) is 36.4 Å². The predicted molar refractivity (Wildman–Crippen MR) is 73.3 cm³/mol. The molecule has 5 heteroatoms. The fraction of sp³-hybridized carbons (Fsp3) is 0.200.